The summed E-state index contributed by atoms with van der Waals surface area (Å²) in [6, 6.07) is 3.53. The first kappa shape index (κ1) is 10.8. The molecule has 0 bridgehead atoms. The summed E-state index contributed by atoms with van der Waals surface area (Å²) in [6.45, 7) is 0.665. The van der Waals surface area contributed by atoms with Gasteiger partial charge in [-0.05, 0) is 6.07 Å². The van der Waals surface area contributed by atoms with Gasteiger partial charge in [-0.25, -0.2) is 13.8 Å². The Morgan fingerprint density at radius 2 is 2.12 bits per heavy atom. The van der Waals surface area contributed by atoms with Crippen LogP contribution in [0.4, 0.5) is 8.78 Å². The topological polar surface area (TPSA) is 43.8 Å². The van der Waals surface area contributed by atoms with Crippen LogP contribution in [-0.2, 0) is 13.1 Å². The van der Waals surface area contributed by atoms with Gasteiger partial charge in [0.25, 0.3) is 0 Å². The summed E-state index contributed by atoms with van der Waals surface area (Å²) in [5, 5.41) is 0. The third kappa shape index (κ3) is 2.25. The van der Waals surface area contributed by atoms with Crippen molar-refractivity contribution in [1.29, 1.82) is 0 Å². The maximum atomic E-state index is 13.3. The van der Waals surface area contributed by atoms with Crippen LogP contribution in [0.3, 0.4) is 0 Å². The Morgan fingerprint density at radius 3 is 2.75 bits per heavy atom. The number of rotatable bonds is 3. The highest BCUT2D eigenvalue weighted by molar-refractivity contribution is 5.19. The first-order chi connectivity index (χ1) is 7.69. The van der Waals surface area contributed by atoms with Gasteiger partial charge in [0.05, 0.1) is 18.6 Å². The first-order valence-corrected chi connectivity index (χ1v) is 4.83. The van der Waals surface area contributed by atoms with E-state index in [4.69, 9.17) is 5.73 Å². The standard InChI is InChI=1S/C11H11F2N3/c12-9-2-1-8(11(13)3-9)5-16-6-10(4-14)15-7-16/h1-3,6-7H,4-5,14H2. The molecular formula is C11H11F2N3. The zero-order valence-corrected chi connectivity index (χ0v) is 8.53. The molecule has 0 aliphatic carbocycles. The van der Waals surface area contributed by atoms with E-state index in [-0.39, 0.29) is 0 Å². The molecule has 0 atom stereocenters. The molecular weight excluding hydrogens is 212 g/mol. The molecule has 0 saturated heterocycles. The number of hydrogen-bond acceptors (Lipinski definition) is 2. The van der Waals surface area contributed by atoms with Crippen LogP contribution in [-0.4, -0.2) is 9.55 Å². The van der Waals surface area contributed by atoms with E-state index in [1.807, 2.05) is 0 Å². The summed E-state index contributed by atoms with van der Waals surface area (Å²) in [6.07, 6.45) is 3.31. The predicted octanol–water partition coefficient (Wildman–Crippen LogP) is 1.67. The van der Waals surface area contributed by atoms with Crippen LogP contribution in [0.2, 0.25) is 0 Å². The Balaban J connectivity index is 2.20. The fourth-order valence-corrected chi connectivity index (χ4v) is 1.44. The van der Waals surface area contributed by atoms with Gasteiger partial charge >= 0.3 is 0 Å². The molecule has 0 radical (unpaired) electrons. The largest absolute Gasteiger partial charge is 0.333 e. The predicted molar refractivity (Wildman–Crippen MR) is 55.6 cm³/mol. The van der Waals surface area contributed by atoms with Gasteiger partial charge < -0.3 is 10.3 Å². The molecule has 1 aromatic heterocycles. The molecule has 0 aliphatic rings. The van der Waals surface area contributed by atoms with Crippen LogP contribution in [0, 0.1) is 11.6 Å². The summed E-state index contributed by atoms with van der Waals surface area (Å²) in [5.41, 5.74) is 6.56. The van der Waals surface area contributed by atoms with Crippen molar-refractivity contribution >= 4 is 0 Å². The van der Waals surface area contributed by atoms with Crippen LogP contribution in [0.5, 0.6) is 0 Å². The molecule has 0 fully saturated rings. The van der Waals surface area contributed by atoms with Crippen molar-refractivity contribution in [2.45, 2.75) is 13.1 Å². The van der Waals surface area contributed by atoms with E-state index in [0.29, 0.717) is 18.7 Å². The smallest absolute Gasteiger partial charge is 0.131 e. The Hall–Kier alpha value is -1.75. The number of nitrogens with two attached hydrogens (primary N) is 1. The Bertz CT molecular complexity index is 494. The van der Waals surface area contributed by atoms with Gasteiger partial charge in [0.2, 0.25) is 0 Å². The second kappa shape index (κ2) is 4.40. The number of imidazole rings is 1. The quantitative estimate of drug-likeness (QED) is 0.860. The normalized spacial score (nSPS) is 10.7. The fraction of sp³-hybridized carbons (Fsp3) is 0.182. The van der Waals surface area contributed by atoms with Crippen LogP contribution >= 0.6 is 0 Å². The van der Waals surface area contributed by atoms with Gasteiger partial charge in [0, 0.05) is 24.4 Å². The highest BCUT2D eigenvalue weighted by Crippen LogP contribution is 2.11. The molecule has 0 spiro atoms. The minimum absolute atomic E-state index is 0.319. The molecule has 5 heteroatoms. The van der Waals surface area contributed by atoms with E-state index in [2.05, 4.69) is 4.98 Å². The average molecular weight is 223 g/mol. The van der Waals surface area contributed by atoms with Crippen molar-refractivity contribution in [3.8, 4) is 0 Å². The lowest BCUT2D eigenvalue weighted by atomic mass is 10.2. The van der Waals surface area contributed by atoms with Gasteiger partial charge in [-0.1, -0.05) is 6.07 Å². The minimum Gasteiger partial charge on any atom is -0.333 e. The molecule has 84 valence electrons. The Morgan fingerprint density at radius 1 is 1.31 bits per heavy atom. The number of hydrogen-bond donors (Lipinski definition) is 1. The lowest BCUT2D eigenvalue weighted by molar-refractivity contribution is 0.566. The molecule has 0 aliphatic heterocycles. The Kier molecular flexibility index (Phi) is 2.96. The van der Waals surface area contributed by atoms with Gasteiger partial charge in [-0.15, -0.1) is 0 Å². The third-order valence-corrected chi connectivity index (χ3v) is 2.26. The third-order valence-electron chi connectivity index (χ3n) is 2.26. The monoisotopic (exact) mass is 223 g/mol. The summed E-state index contributed by atoms with van der Waals surface area (Å²) in [7, 11) is 0. The first-order valence-electron chi connectivity index (χ1n) is 4.83. The molecule has 2 rings (SSSR count). The average Bonchev–Trinajstić information content (AvgIpc) is 2.70. The van der Waals surface area contributed by atoms with Crippen LogP contribution in [0.1, 0.15) is 11.3 Å². The maximum absolute atomic E-state index is 13.3. The SMILES string of the molecule is NCc1cn(Cc2ccc(F)cc2F)cn1. The summed E-state index contributed by atoms with van der Waals surface area (Å²) in [5.74, 6) is -1.13. The van der Waals surface area contributed by atoms with Gasteiger partial charge in [0.1, 0.15) is 11.6 Å². The summed E-state index contributed by atoms with van der Waals surface area (Å²) < 4.78 is 27.7. The highest BCUT2D eigenvalue weighted by Gasteiger charge is 2.05. The second-order valence-electron chi connectivity index (χ2n) is 3.48. The Labute approximate surface area is 91.5 Å². The van der Waals surface area contributed by atoms with Crippen molar-refractivity contribution in [3.63, 3.8) is 0 Å². The summed E-state index contributed by atoms with van der Waals surface area (Å²) in [4.78, 5) is 4.02. The molecule has 2 N–H and O–H groups in total. The maximum Gasteiger partial charge on any atom is 0.131 e. The second-order valence-corrected chi connectivity index (χ2v) is 3.48. The zero-order chi connectivity index (χ0) is 11.5. The minimum atomic E-state index is -0.575. The molecule has 0 amide bonds. The number of halogens is 2. The number of aromatic nitrogens is 2. The van der Waals surface area contributed by atoms with Crippen molar-refractivity contribution in [2.75, 3.05) is 0 Å². The van der Waals surface area contributed by atoms with Gasteiger partial charge in [0.15, 0.2) is 0 Å². The van der Waals surface area contributed by atoms with Crippen LogP contribution in [0.25, 0.3) is 0 Å². The fourth-order valence-electron chi connectivity index (χ4n) is 1.44. The zero-order valence-electron chi connectivity index (χ0n) is 8.53. The van der Waals surface area contributed by atoms with Crippen molar-refractivity contribution in [1.82, 2.24) is 9.55 Å². The van der Waals surface area contributed by atoms with E-state index in [1.54, 1.807) is 17.1 Å². The number of benzene rings is 1. The van der Waals surface area contributed by atoms with Crippen molar-refractivity contribution in [3.05, 3.63) is 53.6 Å². The van der Waals surface area contributed by atoms with Gasteiger partial charge in [-0.3, -0.25) is 0 Å². The van der Waals surface area contributed by atoms with Crippen molar-refractivity contribution in [2.24, 2.45) is 5.73 Å². The highest BCUT2D eigenvalue weighted by atomic mass is 19.1. The van der Waals surface area contributed by atoms with Gasteiger partial charge in [-0.2, -0.15) is 0 Å². The molecule has 1 aromatic carbocycles. The molecule has 3 nitrogen and oxygen atoms in total. The van der Waals surface area contributed by atoms with E-state index < -0.39 is 11.6 Å². The van der Waals surface area contributed by atoms with Crippen LogP contribution in [0.15, 0.2) is 30.7 Å². The van der Waals surface area contributed by atoms with Crippen LogP contribution < -0.4 is 5.73 Å². The number of nitrogens with zero attached hydrogens (tertiary/aromatic N) is 2. The van der Waals surface area contributed by atoms with Crippen molar-refractivity contribution < 1.29 is 8.78 Å². The molecule has 1 heterocycles. The molecule has 2 aromatic rings. The van der Waals surface area contributed by atoms with E-state index in [1.165, 1.54) is 12.1 Å². The molecule has 16 heavy (non-hydrogen) atoms. The lowest BCUT2D eigenvalue weighted by Gasteiger charge is -2.03. The lowest BCUT2D eigenvalue weighted by Crippen LogP contribution is -2.00. The molecule has 0 unspecified atom stereocenters. The van der Waals surface area contributed by atoms with E-state index in [9.17, 15) is 8.78 Å². The van der Waals surface area contributed by atoms with E-state index >= 15 is 0 Å². The molecule has 0 saturated carbocycles. The summed E-state index contributed by atoms with van der Waals surface area (Å²) >= 11 is 0. The van der Waals surface area contributed by atoms with E-state index in [0.717, 1.165) is 11.8 Å².